The molecule has 0 heterocycles. The topological polar surface area (TPSA) is 246 Å². The molecule has 0 aliphatic heterocycles. The first-order valence-corrected chi connectivity index (χ1v) is 16.7. The van der Waals surface area contributed by atoms with Gasteiger partial charge in [0.25, 0.3) is 5.91 Å². The van der Waals surface area contributed by atoms with E-state index in [2.05, 4.69) is 16.0 Å². The highest BCUT2D eigenvalue weighted by molar-refractivity contribution is 6.62. The van der Waals surface area contributed by atoms with Crippen LogP contribution in [0.3, 0.4) is 0 Å². The van der Waals surface area contributed by atoms with Crippen molar-refractivity contribution < 1.29 is 54.6 Å². The van der Waals surface area contributed by atoms with Gasteiger partial charge in [0.2, 0.25) is 11.8 Å². The summed E-state index contributed by atoms with van der Waals surface area (Å²) in [6.45, 7) is 0.605. The summed E-state index contributed by atoms with van der Waals surface area (Å²) in [7, 11) is -3.69. The minimum absolute atomic E-state index is 0.00193. The Bertz CT molecular complexity index is 1050. The van der Waals surface area contributed by atoms with Crippen LogP contribution in [-0.4, -0.2) is 105 Å². The van der Waals surface area contributed by atoms with Gasteiger partial charge in [0, 0.05) is 31.5 Å². The fraction of sp³-hybridized carbons (Fsp3) is 0.677. The first-order chi connectivity index (χ1) is 22.4. The molecule has 264 valence electrons. The third-order valence-electron chi connectivity index (χ3n) is 7.74. The molecule has 1 unspecified atom stereocenters. The predicted molar refractivity (Wildman–Crippen MR) is 178 cm³/mol. The van der Waals surface area contributed by atoms with Crippen molar-refractivity contribution >= 4 is 48.9 Å². The molecule has 3 amide bonds. The number of rotatable bonds is 27. The summed E-state index contributed by atoms with van der Waals surface area (Å²) in [5, 5.41) is 73.0. The number of hydrogen-bond acceptors (Lipinski definition) is 10. The standard InChI is InChI=1S/C31H53B2N3O11/c37-22-26(38)13-9-8-12-17-34-28(39)16-15-27(31(42)43)36-29(40)14-10-6-4-2-1-3-5-7-11-18-35-30(41)23-19-24(32(44)45)21-25(20-23)33(46)47/h19-21,26-27,37-38,44-47H,1-18,22H2,(H,34,39)(H,35,41)(H,36,40)(H,42,43)/t26?,27-/m0/s1. The lowest BCUT2D eigenvalue weighted by atomic mass is 9.72. The number of aliphatic hydroxyl groups is 2. The Hall–Kier alpha value is -3.01. The minimum atomic E-state index is -1.84. The van der Waals surface area contributed by atoms with Crippen molar-refractivity contribution in [1.82, 2.24) is 16.0 Å². The second-order valence-corrected chi connectivity index (χ2v) is 11.9. The van der Waals surface area contributed by atoms with E-state index in [4.69, 9.17) is 5.11 Å². The normalized spacial score (nSPS) is 12.2. The van der Waals surface area contributed by atoms with E-state index in [1.807, 2.05) is 0 Å². The average molecular weight is 665 g/mol. The Morgan fingerprint density at radius 3 is 1.68 bits per heavy atom. The van der Waals surface area contributed by atoms with Crippen molar-refractivity contribution in [3.8, 4) is 0 Å². The zero-order chi connectivity index (χ0) is 35.0. The molecule has 0 bridgehead atoms. The van der Waals surface area contributed by atoms with Crippen LogP contribution in [0.5, 0.6) is 0 Å². The number of carbonyl (C=O) groups is 4. The number of carboxylic acids is 1. The molecule has 0 aromatic heterocycles. The van der Waals surface area contributed by atoms with Gasteiger partial charge < -0.3 is 51.4 Å². The van der Waals surface area contributed by atoms with Crippen molar-refractivity contribution in [1.29, 1.82) is 0 Å². The highest BCUT2D eigenvalue weighted by Crippen LogP contribution is 2.11. The number of amides is 3. The molecule has 0 aliphatic carbocycles. The highest BCUT2D eigenvalue weighted by atomic mass is 16.4. The van der Waals surface area contributed by atoms with Crippen molar-refractivity contribution in [2.45, 2.75) is 115 Å². The van der Waals surface area contributed by atoms with Gasteiger partial charge in [-0.2, -0.15) is 0 Å². The molecule has 0 saturated heterocycles. The predicted octanol–water partition coefficient (Wildman–Crippen LogP) is -0.944. The maximum atomic E-state index is 12.4. The molecular weight excluding hydrogens is 612 g/mol. The largest absolute Gasteiger partial charge is 0.488 e. The van der Waals surface area contributed by atoms with E-state index < -0.39 is 38.3 Å². The molecule has 0 aliphatic rings. The summed E-state index contributed by atoms with van der Waals surface area (Å²) < 4.78 is 0. The molecule has 0 radical (unpaired) electrons. The number of carboxylic acid groups (broad SMARTS) is 1. The Morgan fingerprint density at radius 2 is 1.15 bits per heavy atom. The maximum Gasteiger partial charge on any atom is 0.488 e. The van der Waals surface area contributed by atoms with Crippen LogP contribution in [0.25, 0.3) is 0 Å². The third-order valence-corrected chi connectivity index (χ3v) is 7.74. The van der Waals surface area contributed by atoms with Crippen LogP contribution < -0.4 is 26.9 Å². The van der Waals surface area contributed by atoms with Crippen molar-refractivity contribution in [2.24, 2.45) is 0 Å². The summed E-state index contributed by atoms with van der Waals surface area (Å²) >= 11 is 0. The van der Waals surface area contributed by atoms with E-state index in [1.54, 1.807) is 0 Å². The molecule has 10 N–H and O–H groups in total. The second-order valence-electron chi connectivity index (χ2n) is 11.9. The van der Waals surface area contributed by atoms with Crippen molar-refractivity contribution in [2.75, 3.05) is 19.7 Å². The minimum Gasteiger partial charge on any atom is -0.480 e. The van der Waals surface area contributed by atoms with E-state index in [9.17, 15) is 49.5 Å². The molecule has 0 spiro atoms. The highest BCUT2D eigenvalue weighted by Gasteiger charge is 2.22. The lowest BCUT2D eigenvalue weighted by molar-refractivity contribution is -0.142. The molecule has 14 nitrogen and oxygen atoms in total. The number of aliphatic carboxylic acids is 1. The van der Waals surface area contributed by atoms with Gasteiger partial charge in [0.15, 0.2) is 0 Å². The summed E-state index contributed by atoms with van der Waals surface area (Å²) in [5.41, 5.74) is 0.0844. The van der Waals surface area contributed by atoms with Crippen LogP contribution in [0.15, 0.2) is 18.2 Å². The first-order valence-electron chi connectivity index (χ1n) is 16.7. The Kier molecular flexibility index (Phi) is 22.4. The van der Waals surface area contributed by atoms with E-state index in [-0.39, 0.29) is 54.2 Å². The van der Waals surface area contributed by atoms with Gasteiger partial charge in [-0.3, -0.25) is 14.4 Å². The Labute approximate surface area is 277 Å². The van der Waals surface area contributed by atoms with Crippen LogP contribution in [0.2, 0.25) is 0 Å². The summed E-state index contributed by atoms with van der Waals surface area (Å²) in [6.07, 6.45) is 10.4. The quantitative estimate of drug-likeness (QED) is 0.0406. The molecule has 2 atom stereocenters. The summed E-state index contributed by atoms with van der Waals surface area (Å²) in [5.74, 6) is -2.25. The van der Waals surface area contributed by atoms with Gasteiger partial charge in [0.1, 0.15) is 6.04 Å². The van der Waals surface area contributed by atoms with Crippen LogP contribution in [0.1, 0.15) is 113 Å². The van der Waals surface area contributed by atoms with Gasteiger partial charge in [-0.25, -0.2) is 4.79 Å². The van der Waals surface area contributed by atoms with Crippen molar-refractivity contribution in [3.63, 3.8) is 0 Å². The van der Waals surface area contributed by atoms with Crippen LogP contribution in [0, 0.1) is 0 Å². The van der Waals surface area contributed by atoms with Crippen molar-refractivity contribution in [3.05, 3.63) is 23.8 Å². The molecule has 1 aromatic carbocycles. The van der Waals surface area contributed by atoms with E-state index in [0.29, 0.717) is 32.4 Å². The molecule has 0 saturated carbocycles. The maximum absolute atomic E-state index is 12.4. The smallest absolute Gasteiger partial charge is 0.480 e. The fourth-order valence-corrected chi connectivity index (χ4v) is 4.95. The first kappa shape index (κ1) is 42.0. The number of nitrogens with one attached hydrogen (secondary N) is 3. The monoisotopic (exact) mass is 665 g/mol. The third kappa shape index (κ3) is 20.1. The van der Waals surface area contributed by atoms with Gasteiger partial charge in [-0.1, -0.05) is 63.9 Å². The van der Waals surface area contributed by atoms with E-state index >= 15 is 0 Å². The number of carbonyl (C=O) groups excluding carboxylic acids is 3. The molecule has 0 fully saturated rings. The lowest BCUT2D eigenvalue weighted by Gasteiger charge is -2.14. The Balaban J connectivity index is 2.09. The van der Waals surface area contributed by atoms with Crippen LogP contribution in [0.4, 0.5) is 0 Å². The van der Waals surface area contributed by atoms with Gasteiger partial charge >= 0.3 is 20.2 Å². The number of hydrogen-bond donors (Lipinski definition) is 10. The van der Waals surface area contributed by atoms with Gasteiger partial charge in [0.05, 0.1) is 12.7 Å². The SMILES string of the molecule is O=C(CC[C@H](NC(=O)CCCCCCCCCCCNC(=O)c1cc(B(O)O)cc(B(O)O)c1)C(=O)O)NCCCCCC(O)CO. The zero-order valence-electron chi connectivity index (χ0n) is 27.2. The molecule has 47 heavy (non-hydrogen) atoms. The van der Waals surface area contributed by atoms with E-state index in [0.717, 1.165) is 64.2 Å². The zero-order valence-corrected chi connectivity index (χ0v) is 27.2. The second kappa shape index (κ2) is 25.1. The molecule has 1 rings (SSSR count). The van der Waals surface area contributed by atoms with Gasteiger partial charge in [-0.05, 0) is 55.2 Å². The van der Waals surface area contributed by atoms with E-state index in [1.165, 1.54) is 18.2 Å². The van der Waals surface area contributed by atoms with Crippen LogP contribution in [-0.2, 0) is 14.4 Å². The lowest BCUT2D eigenvalue weighted by Crippen LogP contribution is -2.41. The Morgan fingerprint density at radius 1 is 0.638 bits per heavy atom. The summed E-state index contributed by atoms with van der Waals surface area (Å²) in [6, 6.07) is 2.66. The number of unbranched alkanes of at least 4 members (excludes halogenated alkanes) is 10. The molecular formula is C31H53B2N3O11. The fourth-order valence-electron chi connectivity index (χ4n) is 4.95. The van der Waals surface area contributed by atoms with Gasteiger partial charge in [-0.15, -0.1) is 0 Å². The summed E-state index contributed by atoms with van der Waals surface area (Å²) in [4.78, 5) is 48.2. The van der Waals surface area contributed by atoms with Crippen LogP contribution >= 0.6 is 0 Å². The molecule has 1 aromatic rings. The number of aliphatic hydroxyl groups excluding tert-OH is 2. The average Bonchev–Trinajstić information content (AvgIpc) is 3.04. The number of benzene rings is 1. The molecule has 16 heteroatoms.